The van der Waals surface area contributed by atoms with E-state index in [0.717, 1.165) is 34.4 Å². The van der Waals surface area contributed by atoms with Crippen LogP contribution in [0.25, 0.3) is 11.3 Å². The van der Waals surface area contributed by atoms with E-state index in [-0.39, 0.29) is 23.7 Å². The number of nitro groups is 1. The smallest absolute Gasteiger partial charge is 0.416 e. The average Bonchev–Trinajstić information content (AvgIpc) is 3.14. The van der Waals surface area contributed by atoms with Crippen molar-refractivity contribution in [1.29, 1.82) is 0 Å². The predicted molar refractivity (Wildman–Crippen MR) is 109 cm³/mol. The predicted octanol–water partition coefficient (Wildman–Crippen LogP) is 6.35. The fourth-order valence-electron chi connectivity index (χ4n) is 3.26. The van der Waals surface area contributed by atoms with E-state index in [1.807, 2.05) is 32.9 Å². The molecule has 0 aliphatic rings. The first kappa shape index (κ1) is 22.1. The highest BCUT2D eigenvalue weighted by atomic mass is 19.4. The molecule has 3 rings (SSSR count). The molecule has 3 aromatic rings. The molecule has 31 heavy (non-hydrogen) atoms. The molecule has 162 valence electrons. The zero-order valence-corrected chi connectivity index (χ0v) is 17.0. The second-order valence-corrected chi connectivity index (χ2v) is 7.07. The maximum absolute atomic E-state index is 12.9. The number of furan rings is 1. The molecule has 0 spiro atoms. The number of benzene rings is 2. The van der Waals surface area contributed by atoms with Crippen LogP contribution in [-0.4, -0.2) is 11.1 Å². The van der Waals surface area contributed by atoms with Crippen molar-refractivity contribution in [3.8, 4) is 11.3 Å². The Kier molecular flexibility index (Phi) is 6.14. The molecule has 0 bridgehead atoms. The number of hydrogen-bond acceptors (Lipinski definition) is 5. The lowest BCUT2D eigenvalue weighted by atomic mass is 10.0. The molecule has 0 saturated heterocycles. The van der Waals surface area contributed by atoms with Crippen LogP contribution in [0.3, 0.4) is 0 Å². The second kappa shape index (κ2) is 8.63. The summed E-state index contributed by atoms with van der Waals surface area (Å²) in [4.78, 5) is 15.7. The van der Waals surface area contributed by atoms with Gasteiger partial charge in [0, 0.05) is 6.07 Å². The van der Waals surface area contributed by atoms with E-state index >= 15 is 0 Å². The molecule has 0 fully saturated rings. The largest absolute Gasteiger partial charge is 0.455 e. The van der Waals surface area contributed by atoms with Crippen molar-refractivity contribution in [2.24, 2.45) is 5.16 Å². The minimum absolute atomic E-state index is 0.0482. The van der Waals surface area contributed by atoms with Gasteiger partial charge in [0.25, 0.3) is 5.69 Å². The lowest BCUT2D eigenvalue weighted by molar-refractivity contribution is -0.384. The van der Waals surface area contributed by atoms with Gasteiger partial charge in [-0.05, 0) is 61.7 Å². The minimum atomic E-state index is -4.68. The summed E-state index contributed by atoms with van der Waals surface area (Å²) >= 11 is 0. The normalized spacial score (nSPS) is 11.8. The Balaban J connectivity index is 1.76. The molecule has 0 atom stereocenters. The Morgan fingerprint density at radius 3 is 2.39 bits per heavy atom. The van der Waals surface area contributed by atoms with Crippen LogP contribution < -0.4 is 0 Å². The molecule has 1 aromatic heterocycles. The third kappa shape index (κ3) is 5.11. The van der Waals surface area contributed by atoms with Gasteiger partial charge in [-0.15, -0.1) is 0 Å². The van der Waals surface area contributed by atoms with Gasteiger partial charge in [-0.3, -0.25) is 10.1 Å². The standard InChI is InChI=1S/C22H19F3N2O4/c1-13-8-14(2)19(15(3)9-13)12-30-26-11-17-5-7-21(31-17)18-6-4-16(22(23,24)25)10-20(18)27(28)29/h4-11H,12H2,1-3H3/b26-11+. The van der Waals surface area contributed by atoms with Gasteiger partial charge in [0.15, 0.2) is 0 Å². The van der Waals surface area contributed by atoms with Crippen LogP contribution >= 0.6 is 0 Å². The Hall–Kier alpha value is -3.62. The highest BCUT2D eigenvalue weighted by Crippen LogP contribution is 2.37. The van der Waals surface area contributed by atoms with E-state index in [9.17, 15) is 23.3 Å². The van der Waals surface area contributed by atoms with Crippen LogP contribution in [0.1, 0.15) is 33.6 Å². The molecule has 0 aliphatic heterocycles. The van der Waals surface area contributed by atoms with Crippen molar-refractivity contribution in [2.45, 2.75) is 33.6 Å². The van der Waals surface area contributed by atoms with Crippen molar-refractivity contribution in [3.63, 3.8) is 0 Å². The zero-order valence-electron chi connectivity index (χ0n) is 17.0. The highest BCUT2D eigenvalue weighted by Gasteiger charge is 2.33. The quantitative estimate of drug-likeness (QED) is 0.258. The van der Waals surface area contributed by atoms with Gasteiger partial charge in [-0.1, -0.05) is 22.9 Å². The summed E-state index contributed by atoms with van der Waals surface area (Å²) in [7, 11) is 0. The number of halogens is 3. The summed E-state index contributed by atoms with van der Waals surface area (Å²) in [5.41, 5.74) is 2.47. The first-order valence-electron chi connectivity index (χ1n) is 9.24. The van der Waals surface area contributed by atoms with Gasteiger partial charge < -0.3 is 9.25 Å². The lowest BCUT2D eigenvalue weighted by Crippen LogP contribution is -2.06. The van der Waals surface area contributed by atoms with Crippen molar-refractivity contribution < 1.29 is 27.3 Å². The number of hydrogen-bond donors (Lipinski definition) is 0. The maximum Gasteiger partial charge on any atom is 0.416 e. The molecule has 1 heterocycles. The monoisotopic (exact) mass is 432 g/mol. The van der Waals surface area contributed by atoms with Gasteiger partial charge in [0.2, 0.25) is 0 Å². The molecule has 9 heteroatoms. The van der Waals surface area contributed by atoms with Crippen LogP contribution in [0.2, 0.25) is 0 Å². The third-order valence-electron chi connectivity index (χ3n) is 4.72. The Bertz CT molecular complexity index is 1130. The molecular formula is C22H19F3N2O4. The molecule has 0 unspecified atom stereocenters. The van der Waals surface area contributed by atoms with E-state index < -0.39 is 22.4 Å². The summed E-state index contributed by atoms with van der Waals surface area (Å²) in [6, 6.07) is 9.28. The van der Waals surface area contributed by atoms with Crippen LogP contribution in [0.5, 0.6) is 0 Å². The van der Waals surface area contributed by atoms with Gasteiger partial charge in [-0.2, -0.15) is 13.2 Å². The van der Waals surface area contributed by atoms with Crippen molar-refractivity contribution in [2.75, 3.05) is 0 Å². The average molecular weight is 432 g/mol. The van der Waals surface area contributed by atoms with Crippen LogP contribution in [0.15, 0.2) is 52.0 Å². The molecule has 0 aliphatic carbocycles. The number of rotatable bonds is 6. The molecule has 0 radical (unpaired) electrons. The Labute approximate surface area is 176 Å². The van der Waals surface area contributed by atoms with Gasteiger partial charge in [0.1, 0.15) is 24.3 Å². The number of nitrogens with zero attached hydrogens (tertiary/aromatic N) is 2. The van der Waals surface area contributed by atoms with Gasteiger partial charge >= 0.3 is 6.18 Å². The fraction of sp³-hybridized carbons (Fsp3) is 0.227. The fourth-order valence-corrected chi connectivity index (χ4v) is 3.26. The first-order chi connectivity index (χ1) is 14.6. The van der Waals surface area contributed by atoms with Crippen molar-refractivity contribution >= 4 is 11.9 Å². The van der Waals surface area contributed by atoms with Crippen LogP contribution in [-0.2, 0) is 17.6 Å². The Morgan fingerprint density at radius 1 is 1.10 bits per heavy atom. The molecular weight excluding hydrogens is 413 g/mol. The molecule has 6 nitrogen and oxygen atoms in total. The SMILES string of the molecule is Cc1cc(C)c(CO/N=C/c2ccc(-c3ccc(C(F)(F)F)cc3[N+](=O)[O-])o2)c(C)c1. The number of aryl methyl sites for hydroxylation is 3. The number of alkyl halides is 3. The summed E-state index contributed by atoms with van der Waals surface area (Å²) < 4.78 is 44.1. The molecule has 2 aromatic carbocycles. The third-order valence-corrected chi connectivity index (χ3v) is 4.72. The summed E-state index contributed by atoms with van der Waals surface area (Å²) in [5.74, 6) is 0.286. The second-order valence-electron chi connectivity index (χ2n) is 7.07. The molecule has 0 N–H and O–H groups in total. The van der Waals surface area contributed by atoms with E-state index in [4.69, 9.17) is 9.25 Å². The summed E-state index contributed by atoms with van der Waals surface area (Å²) in [6.45, 7) is 6.24. The van der Waals surface area contributed by atoms with Crippen molar-refractivity contribution in [1.82, 2.24) is 0 Å². The van der Waals surface area contributed by atoms with Crippen LogP contribution in [0.4, 0.5) is 18.9 Å². The maximum atomic E-state index is 12.9. The Morgan fingerprint density at radius 2 is 1.77 bits per heavy atom. The number of oxime groups is 1. The van der Waals surface area contributed by atoms with E-state index in [1.165, 1.54) is 18.3 Å². The minimum Gasteiger partial charge on any atom is -0.455 e. The molecule has 0 amide bonds. The van der Waals surface area contributed by atoms with Crippen LogP contribution in [0, 0.1) is 30.9 Å². The zero-order chi connectivity index (χ0) is 22.8. The summed E-state index contributed by atoms with van der Waals surface area (Å²) in [5, 5.41) is 15.1. The highest BCUT2D eigenvalue weighted by molar-refractivity contribution is 5.78. The summed E-state index contributed by atoms with van der Waals surface area (Å²) in [6.07, 6.45) is -3.39. The van der Waals surface area contributed by atoms with E-state index in [1.54, 1.807) is 0 Å². The lowest BCUT2D eigenvalue weighted by Gasteiger charge is -2.09. The number of nitro benzene ring substituents is 1. The van der Waals surface area contributed by atoms with Gasteiger partial charge in [0.05, 0.1) is 16.1 Å². The topological polar surface area (TPSA) is 77.9 Å². The molecule has 0 saturated carbocycles. The van der Waals surface area contributed by atoms with E-state index in [0.29, 0.717) is 6.07 Å². The van der Waals surface area contributed by atoms with E-state index in [2.05, 4.69) is 5.16 Å². The van der Waals surface area contributed by atoms with Crippen molar-refractivity contribution in [3.05, 3.63) is 86.2 Å². The van der Waals surface area contributed by atoms with Gasteiger partial charge in [-0.25, -0.2) is 0 Å². The first-order valence-corrected chi connectivity index (χ1v) is 9.24.